The van der Waals surface area contributed by atoms with Crippen molar-refractivity contribution >= 4 is 5.91 Å². The van der Waals surface area contributed by atoms with E-state index in [-0.39, 0.29) is 5.91 Å². The maximum atomic E-state index is 12.6. The minimum atomic E-state index is -0.00550. The molecule has 1 amide bonds. The molecule has 0 saturated carbocycles. The number of fused-ring (bicyclic) bond motifs is 2. The van der Waals surface area contributed by atoms with Gasteiger partial charge in [0.05, 0.1) is 5.69 Å². The number of rotatable bonds is 4. The summed E-state index contributed by atoms with van der Waals surface area (Å²) in [5.74, 6) is 0.779. The van der Waals surface area contributed by atoms with Crippen LogP contribution in [0.15, 0.2) is 10.6 Å². The summed E-state index contributed by atoms with van der Waals surface area (Å²) in [4.78, 5) is 14.5. The van der Waals surface area contributed by atoms with Gasteiger partial charge < -0.3 is 14.7 Å². The van der Waals surface area contributed by atoms with E-state index in [0.717, 1.165) is 38.0 Å². The Morgan fingerprint density at radius 2 is 2.14 bits per heavy atom. The van der Waals surface area contributed by atoms with Crippen LogP contribution in [0, 0.1) is 0 Å². The van der Waals surface area contributed by atoms with E-state index in [1.807, 2.05) is 11.0 Å². The number of likely N-dealkylation sites (tertiary alicyclic amines) is 1. The Hall–Kier alpha value is -1.36. The lowest BCUT2D eigenvalue weighted by Gasteiger charge is -2.22. The predicted octanol–water partition coefficient (Wildman–Crippen LogP) is 2.54. The summed E-state index contributed by atoms with van der Waals surface area (Å²) in [5, 5.41) is 7.70. The van der Waals surface area contributed by atoms with Crippen molar-refractivity contribution in [2.75, 3.05) is 13.1 Å². The first-order valence-corrected chi connectivity index (χ1v) is 8.23. The van der Waals surface area contributed by atoms with E-state index in [4.69, 9.17) is 4.52 Å². The number of nitrogens with zero attached hydrogens (tertiary/aromatic N) is 2. The van der Waals surface area contributed by atoms with Gasteiger partial charge >= 0.3 is 0 Å². The van der Waals surface area contributed by atoms with Crippen LogP contribution in [-0.2, 0) is 0 Å². The van der Waals surface area contributed by atoms with Gasteiger partial charge in [-0.1, -0.05) is 19.0 Å². The van der Waals surface area contributed by atoms with Crippen molar-refractivity contribution in [3.63, 3.8) is 0 Å². The van der Waals surface area contributed by atoms with E-state index >= 15 is 0 Å². The first-order valence-electron chi connectivity index (χ1n) is 8.23. The van der Waals surface area contributed by atoms with Crippen molar-refractivity contribution in [2.45, 2.75) is 64.0 Å². The summed E-state index contributed by atoms with van der Waals surface area (Å²) in [6.45, 7) is 5.88. The first kappa shape index (κ1) is 14.6. The Morgan fingerprint density at radius 1 is 1.38 bits per heavy atom. The van der Waals surface area contributed by atoms with E-state index in [9.17, 15) is 4.79 Å². The van der Waals surface area contributed by atoms with Crippen molar-refractivity contribution in [1.82, 2.24) is 15.4 Å². The standard InChI is InChI=1S/C16H25N3O2/c1-3-11(4-2)14-9-15(21-18-14)16(20)19-8-7-12-5-6-13(10-19)17-12/h9,11-13,17H,3-8,10H2,1-2H3. The highest BCUT2D eigenvalue weighted by atomic mass is 16.5. The van der Waals surface area contributed by atoms with Gasteiger partial charge in [-0.2, -0.15) is 0 Å². The van der Waals surface area contributed by atoms with Crippen LogP contribution in [0.2, 0.25) is 0 Å². The van der Waals surface area contributed by atoms with Gasteiger partial charge in [-0.05, 0) is 32.1 Å². The molecule has 2 bridgehead atoms. The molecular weight excluding hydrogens is 266 g/mol. The second kappa shape index (κ2) is 6.18. The molecule has 1 N–H and O–H groups in total. The van der Waals surface area contributed by atoms with Gasteiger partial charge in [0.25, 0.3) is 5.91 Å². The molecule has 2 atom stereocenters. The lowest BCUT2D eigenvalue weighted by atomic mass is 9.99. The van der Waals surface area contributed by atoms with E-state index in [1.54, 1.807) is 0 Å². The van der Waals surface area contributed by atoms with E-state index in [0.29, 0.717) is 23.8 Å². The highest BCUT2D eigenvalue weighted by molar-refractivity contribution is 5.91. The fourth-order valence-electron chi connectivity index (χ4n) is 3.57. The number of hydrogen-bond acceptors (Lipinski definition) is 4. The molecule has 0 spiro atoms. The number of carbonyl (C=O) groups excluding carboxylic acids is 1. The lowest BCUT2D eigenvalue weighted by molar-refractivity contribution is 0.0706. The second-order valence-corrected chi connectivity index (χ2v) is 6.31. The molecule has 2 aliphatic rings. The first-order chi connectivity index (χ1) is 10.2. The quantitative estimate of drug-likeness (QED) is 0.926. The van der Waals surface area contributed by atoms with Crippen molar-refractivity contribution in [3.8, 4) is 0 Å². The van der Waals surface area contributed by atoms with Crippen LogP contribution in [0.5, 0.6) is 0 Å². The molecule has 1 aromatic heterocycles. The molecule has 2 saturated heterocycles. The molecule has 5 nitrogen and oxygen atoms in total. The molecule has 3 rings (SSSR count). The largest absolute Gasteiger partial charge is 0.351 e. The van der Waals surface area contributed by atoms with Crippen LogP contribution in [0.3, 0.4) is 0 Å². The molecule has 0 aromatic carbocycles. The highest BCUT2D eigenvalue weighted by Crippen LogP contribution is 2.25. The third-order valence-corrected chi connectivity index (χ3v) is 4.95. The summed E-state index contributed by atoms with van der Waals surface area (Å²) < 4.78 is 5.32. The zero-order chi connectivity index (χ0) is 14.8. The normalized spacial score (nSPS) is 25.4. The zero-order valence-corrected chi connectivity index (χ0v) is 13.0. The Labute approximate surface area is 126 Å². The smallest absolute Gasteiger partial charge is 0.292 e. The molecule has 2 unspecified atom stereocenters. The molecular formula is C16H25N3O2. The molecule has 5 heteroatoms. The van der Waals surface area contributed by atoms with Crippen molar-refractivity contribution in [3.05, 3.63) is 17.5 Å². The minimum absolute atomic E-state index is 0.00550. The van der Waals surface area contributed by atoms with Crippen LogP contribution < -0.4 is 5.32 Å². The fraction of sp³-hybridized carbons (Fsp3) is 0.750. The molecule has 0 radical (unpaired) electrons. The second-order valence-electron chi connectivity index (χ2n) is 6.31. The van der Waals surface area contributed by atoms with Crippen molar-refractivity contribution in [2.24, 2.45) is 0 Å². The van der Waals surface area contributed by atoms with Gasteiger partial charge in [0.2, 0.25) is 5.76 Å². The maximum Gasteiger partial charge on any atom is 0.292 e. The Bertz CT molecular complexity index is 495. The SMILES string of the molecule is CCC(CC)c1cc(C(=O)N2CCC3CCC(C2)N3)on1. The van der Waals surface area contributed by atoms with E-state index in [1.165, 1.54) is 12.8 Å². The minimum Gasteiger partial charge on any atom is -0.351 e. The van der Waals surface area contributed by atoms with Gasteiger partial charge in [0.15, 0.2) is 0 Å². The molecule has 116 valence electrons. The third kappa shape index (κ3) is 2.98. The fourth-order valence-corrected chi connectivity index (χ4v) is 3.57. The predicted molar refractivity (Wildman–Crippen MR) is 80.3 cm³/mol. The number of amides is 1. The van der Waals surface area contributed by atoms with Gasteiger partial charge in [0, 0.05) is 37.2 Å². The molecule has 0 aliphatic carbocycles. The Morgan fingerprint density at radius 3 is 2.90 bits per heavy atom. The summed E-state index contributed by atoms with van der Waals surface area (Å²) >= 11 is 0. The average molecular weight is 291 g/mol. The van der Waals surface area contributed by atoms with Gasteiger partial charge in [-0.3, -0.25) is 4.79 Å². The van der Waals surface area contributed by atoms with Gasteiger partial charge in [-0.25, -0.2) is 0 Å². The number of carbonyl (C=O) groups is 1. The van der Waals surface area contributed by atoms with Gasteiger partial charge in [0.1, 0.15) is 0 Å². The highest BCUT2D eigenvalue weighted by Gasteiger charge is 2.32. The topological polar surface area (TPSA) is 58.4 Å². The molecule has 2 fully saturated rings. The summed E-state index contributed by atoms with van der Waals surface area (Å²) in [5.41, 5.74) is 0.915. The van der Waals surface area contributed by atoms with Crippen molar-refractivity contribution in [1.29, 1.82) is 0 Å². The van der Waals surface area contributed by atoms with Crippen LogP contribution in [0.25, 0.3) is 0 Å². The average Bonchev–Trinajstić information content (AvgIpc) is 3.07. The summed E-state index contributed by atoms with van der Waals surface area (Å²) in [6, 6.07) is 2.88. The third-order valence-electron chi connectivity index (χ3n) is 4.95. The Balaban J connectivity index is 1.70. The summed E-state index contributed by atoms with van der Waals surface area (Å²) in [6.07, 6.45) is 5.50. The number of aromatic nitrogens is 1. The zero-order valence-electron chi connectivity index (χ0n) is 13.0. The van der Waals surface area contributed by atoms with Crippen molar-refractivity contribution < 1.29 is 9.32 Å². The summed E-state index contributed by atoms with van der Waals surface area (Å²) in [7, 11) is 0. The molecule has 2 aliphatic heterocycles. The van der Waals surface area contributed by atoms with Crippen LogP contribution >= 0.6 is 0 Å². The van der Waals surface area contributed by atoms with E-state index in [2.05, 4.69) is 24.3 Å². The van der Waals surface area contributed by atoms with Crippen LogP contribution in [0.1, 0.15) is 68.1 Å². The monoisotopic (exact) mass is 291 g/mol. The molecule has 1 aromatic rings. The Kier molecular flexibility index (Phi) is 4.29. The number of nitrogens with one attached hydrogen (secondary N) is 1. The lowest BCUT2D eigenvalue weighted by Crippen LogP contribution is -2.38. The van der Waals surface area contributed by atoms with E-state index < -0.39 is 0 Å². The van der Waals surface area contributed by atoms with Crippen LogP contribution in [0.4, 0.5) is 0 Å². The number of hydrogen-bond donors (Lipinski definition) is 1. The molecule has 21 heavy (non-hydrogen) atoms. The van der Waals surface area contributed by atoms with Gasteiger partial charge in [-0.15, -0.1) is 0 Å². The maximum absolute atomic E-state index is 12.6. The molecule has 3 heterocycles. The van der Waals surface area contributed by atoms with Crippen LogP contribution in [-0.4, -0.2) is 41.1 Å².